The molecule has 0 bridgehead atoms. The molecule has 4 aliphatic rings. The lowest BCUT2D eigenvalue weighted by Crippen LogP contribution is -2.62. The number of hydrogen-bond acceptors (Lipinski definition) is 26. The van der Waals surface area contributed by atoms with Crippen molar-refractivity contribution in [2.75, 3.05) is 40.6 Å². The highest BCUT2D eigenvalue weighted by atomic mass is 16.7. The molecular formula is C45H60O26. The summed E-state index contributed by atoms with van der Waals surface area (Å²) in [4.78, 5) is 25.6. The van der Waals surface area contributed by atoms with Crippen LogP contribution in [0.2, 0.25) is 0 Å². The minimum atomic E-state index is -1.81. The molecule has 0 amide bonds. The lowest BCUT2D eigenvalue weighted by molar-refractivity contribution is -0.323. The normalized spacial score (nSPS) is 37.7. The summed E-state index contributed by atoms with van der Waals surface area (Å²) in [5, 5.41) is 143. The molecule has 4 fully saturated rings. The molecule has 26 heteroatoms. The van der Waals surface area contributed by atoms with Crippen molar-refractivity contribution in [3.05, 3.63) is 59.7 Å². The minimum absolute atomic E-state index is 0.000832. The second-order valence-corrected chi connectivity index (χ2v) is 16.9. The maximum Gasteiger partial charge on any atom is 0.229 e. The Hall–Kier alpha value is -4.34. The third kappa shape index (κ3) is 13.3. The fourth-order valence-electron chi connectivity index (χ4n) is 7.78. The van der Waals surface area contributed by atoms with Gasteiger partial charge in [-0.1, -0.05) is 24.3 Å². The van der Waals surface area contributed by atoms with Crippen LogP contribution >= 0.6 is 0 Å². The van der Waals surface area contributed by atoms with E-state index in [2.05, 4.69) is 0 Å². The molecule has 26 nitrogen and oxygen atoms in total. The Morgan fingerprint density at radius 2 is 0.775 bits per heavy atom. The van der Waals surface area contributed by atoms with Crippen molar-refractivity contribution in [2.45, 2.75) is 129 Å². The Balaban J connectivity index is 1.00. The van der Waals surface area contributed by atoms with Crippen molar-refractivity contribution in [2.24, 2.45) is 0 Å². The maximum atomic E-state index is 12.8. The average Bonchev–Trinajstić information content (AvgIpc) is 3.36. The van der Waals surface area contributed by atoms with Gasteiger partial charge in [0.25, 0.3) is 0 Å². The molecule has 2 aromatic rings. The van der Waals surface area contributed by atoms with Crippen molar-refractivity contribution in [3.8, 4) is 23.0 Å². The van der Waals surface area contributed by atoms with Crippen LogP contribution in [0.3, 0.4) is 0 Å². The van der Waals surface area contributed by atoms with Crippen molar-refractivity contribution in [3.63, 3.8) is 0 Å². The lowest BCUT2D eigenvalue weighted by atomic mass is 9.98. The summed E-state index contributed by atoms with van der Waals surface area (Å²) in [6.45, 7) is -2.58. The van der Waals surface area contributed by atoms with E-state index in [9.17, 15) is 81.1 Å². The minimum Gasteiger partial charge on any atom is -0.493 e. The summed E-state index contributed by atoms with van der Waals surface area (Å²) in [5.41, 5.74) is 0.833. The molecule has 0 unspecified atom stereocenters. The van der Waals surface area contributed by atoms with Gasteiger partial charge in [-0.15, -0.1) is 0 Å². The van der Waals surface area contributed by atoms with Crippen LogP contribution in [-0.4, -0.2) is 247 Å². The third-order valence-corrected chi connectivity index (χ3v) is 12.0. The van der Waals surface area contributed by atoms with Crippen LogP contribution in [0.1, 0.15) is 17.5 Å². The number of ketones is 2. The van der Waals surface area contributed by atoms with Crippen molar-refractivity contribution in [1.29, 1.82) is 0 Å². The lowest BCUT2D eigenvalue weighted by Gasteiger charge is -2.42. The molecule has 0 aliphatic carbocycles. The number of rotatable bonds is 20. The molecule has 20 atom stereocenters. The quantitative estimate of drug-likeness (QED) is 0.0434. The second kappa shape index (κ2) is 25.1. The van der Waals surface area contributed by atoms with E-state index in [4.69, 9.17) is 47.4 Å². The molecule has 4 saturated heterocycles. The number of hydrogen-bond donors (Lipinski definition) is 14. The van der Waals surface area contributed by atoms with E-state index in [1.54, 1.807) is 0 Å². The Kier molecular flexibility index (Phi) is 19.8. The molecule has 4 aliphatic heterocycles. The first-order valence-electron chi connectivity index (χ1n) is 22.1. The highest BCUT2D eigenvalue weighted by molar-refractivity contribution is 6.10. The van der Waals surface area contributed by atoms with E-state index in [0.717, 1.165) is 12.2 Å². The van der Waals surface area contributed by atoms with Crippen molar-refractivity contribution >= 4 is 23.7 Å². The SMILES string of the molecule is COc1cc(/C=C/C(=O)CC(=O)/C=C/c2ccc(O[C@@H]3O[C@H](CO[C@@H]4O[C@H](CO)[C@@H](O)[C@H](O)[C@H]4O)[C@@H](O)[C@H](O)[C@H]3O)c(OC)c2)ccc1O[C@@H]1O[C@H](CO[C@@H]2O[C@H](CO)[C@@H](O)[C@H](O)[C@H]2O)[C@@H](O)[C@H](O)[C@H]1O. The first kappa shape index (κ1) is 56.0. The smallest absolute Gasteiger partial charge is 0.229 e. The molecule has 0 radical (unpaired) electrons. The Bertz CT molecular complexity index is 1970. The average molecular weight is 1020 g/mol. The zero-order valence-electron chi connectivity index (χ0n) is 38.0. The number of carbonyl (C=O) groups is 2. The first-order chi connectivity index (χ1) is 33.8. The summed E-state index contributed by atoms with van der Waals surface area (Å²) in [6, 6.07) is 8.70. The van der Waals surface area contributed by atoms with E-state index in [1.807, 2.05) is 0 Å². The van der Waals surface area contributed by atoms with E-state index in [-0.39, 0.29) is 23.0 Å². The molecule has 396 valence electrons. The standard InChI is InChI=1S/C45H60O26/c1-62-24-11-18(5-9-22(24)66-44-40(60)36(56)32(52)28(70-44)16-64-42-38(58)34(54)30(50)26(14-46)68-42)3-7-20(48)13-21(49)8-4-19-6-10-23(25(12-19)63-2)67-45-41(61)37(57)33(53)29(71-45)17-65-43-39(59)35(55)31(51)27(15-47)69-43/h3-12,26-47,50-61H,13-17H2,1-2H3/b7-3+,8-4+/t26-,27-,28-,29-,30-,31-,32-,33-,34+,35+,36+,37+,38-,39-,40-,41-,42-,43-,44-,45-/m1/s1. The van der Waals surface area contributed by atoms with Gasteiger partial charge in [-0.25, -0.2) is 0 Å². The zero-order valence-corrected chi connectivity index (χ0v) is 38.0. The highest BCUT2D eigenvalue weighted by Gasteiger charge is 2.50. The van der Waals surface area contributed by atoms with E-state index in [0.29, 0.717) is 11.1 Å². The Morgan fingerprint density at radius 3 is 1.11 bits per heavy atom. The molecule has 0 aromatic heterocycles. The number of aliphatic hydroxyl groups is 14. The van der Waals surface area contributed by atoms with Crippen LogP contribution in [0.15, 0.2) is 48.6 Å². The van der Waals surface area contributed by atoms with Gasteiger partial charge in [0, 0.05) is 0 Å². The summed E-state index contributed by atoms with van der Waals surface area (Å²) < 4.78 is 55.2. The highest BCUT2D eigenvalue weighted by Crippen LogP contribution is 2.35. The third-order valence-electron chi connectivity index (χ3n) is 12.0. The first-order valence-corrected chi connectivity index (χ1v) is 22.1. The molecule has 2 aromatic carbocycles. The van der Waals surface area contributed by atoms with Gasteiger partial charge in [-0.2, -0.15) is 0 Å². The molecule has 6 rings (SSSR count). The number of benzene rings is 2. The predicted molar refractivity (Wildman–Crippen MR) is 233 cm³/mol. The summed E-state index contributed by atoms with van der Waals surface area (Å²) >= 11 is 0. The van der Waals surface area contributed by atoms with Crippen LogP contribution in [0.5, 0.6) is 23.0 Å². The molecule has 0 saturated carbocycles. The molecule has 0 spiro atoms. The van der Waals surface area contributed by atoms with Crippen LogP contribution in [0.25, 0.3) is 12.2 Å². The van der Waals surface area contributed by atoms with Gasteiger partial charge in [-0.05, 0) is 47.5 Å². The number of ether oxygens (including phenoxy) is 10. The van der Waals surface area contributed by atoms with Gasteiger partial charge in [0.1, 0.15) is 97.7 Å². The molecular weight excluding hydrogens is 956 g/mol. The van der Waals surface area contributed by atoms with Crippen molar-refractivity contribution < 1.29 is 128 Å². The number of aliphatic hydroxyl groups excluding tert-OH is 14. The molecule has 14 N–H and O–H groups in total. The van der Waals surface area contributed by atoms with Crippen LogP contribution in [0.4, 0.5) is 0 Å². The zero-order chi connectivity index (χ0) is 51.8. The van der Waals surface area contributed by atoms with Gasteiger partial charge >= 0.3 is 0 Å². The fraction of sp³-hybridized carbons (Fsp3) is 0.600. The summed E-state index contributed by atoms with van der Waals surface area (Å²) in [5.74, 6) is -0.979. The number of allylic oxidation sites excluding steroid dienone is 2. The van der Waals surface area contributed by atoms with Gasteiger partial charge in [-0.3, -0.25) is 9.59 Å². The topological polar surface area (TPSA) is 410 Å². The Labute approximate surface area is 404 Å². The van der Waals surface area contributed by atoms with E-state index in [1.165, 1.54) is 62.8 Å². The number of carbonyl (C=O) groups excluding carboxylic acids is 2. The van der Waals surface area contributed by atoms with Crippen molar-refractivity contribution in [1.82, 2.24) is 0 Å². The summed E-state index contributed by atoms with van der Waals surface area (Å²) in [7, 11) is 2.60. The van der Waals surface area contributed by atoms with Crippen LogP contribution in [-0.2, 0) is 38.0 Å². The van der Waals surface area contributed by atoms with Crippen LogP contribution < -0.4 is 18.9 Å². The molecule has 71 heavy (non-hydrogen) atoms. The van der Waals surface area contributed by atoms with Gasteiger partial charge in [0.2, 0.25) is 12.6 Å². The van der Waals surface area contributed by atoms with Gasteiger partial charge < -0.3 is 119 Å². The van der Waals surface area contributed by atoms with Crippen LogP contribution in [0, 0.1) is 0 Å². The van der Waals surface area contributed by atoms with E-state index >= 15 is 0 Å². The fourth-order valence-corrected chi connectivity index (χ4v) is 7.78. The van der Waals surface area contributed by atoms with Gasteiger partial charge in [0.05, 0.1) is 47.1 Å². The summed E-state index contributed by atoms with van der Waals surface area (Å²) in [6.07, 6.45) is -28.0. The largest absolute Gasteiger partial charge is 0.493 e. The monoisotopic (exact) mass is 1020 g/mol. The number of methoxy groups -OCH3 is 2. The van der Waals surface area contributed by atoms with Gasteiger partial charge in [0.15, 0.2) is 47.1 Å². The predicted octanol–water partition coefficient (Wildman–Crippen LogP) is -6.04. The Morgan fingerprint density at radius 1 is 0.451 bits per heavy atom. The maximum absolute atomic E-state index is 12.8. The second-order valence-electron chi connectivity index (χ2n) is 16.9. The molecule has 4 heterocycles. The van der Waals surface area contributed by atoms with E-state index < -0.39 is 167 Å².